The lowest BCUT2D eigenvalue weighted by atomic mass is 10.2. The Bertz CT molecular complexity index is 961. The number of benzene rings is 2. The lowest BCUT2D eigenvalue weighted by Gasteiger charge is -2.23. The second-order valence-electron chi connectivity index (χ2n) is 8.05. The summed E-state index contributed by atoms with van der Waals surface area (Å²) in [5.74, 6) is -0.110. The van der Waals surface area contributed by atoms with Crippen molar-refractivity contribution < 1.29 is 13.2 Å². The maximum atomic E-state index is 13.1. The van der Waals surface area contributed by atoms with E-state index in [1.54, 1.807) is 25.2 Å². The third-order valence-electron chi connectivity index (χ3n) is 5.61. The third kappa shape index (κ3) is 5.28. The second kappa shape index (κ2) is 9.73. The number of sulfonamides is 1. The minimum absolute atomic E-state index is 0.110. The van der Waals surface area contributed by atoms with Crippen LogP contribution in [0.5, 0.6) is 0 Å². The van der Waals surface area contributed by atoms with Gasteiger partial charge in [0.25, 0.3) is 5.91 Å². The predicted octanol–water partition coefficient (Wildman–Crippen LogP) is 3.06. The summed E-state index contributed by atoms with van der Waals surface area (Å²) in [6.45, 7) is 7.57. The predicted molar refractivity (Wildman–Crippen MR) is 119 cm³/mol. The minimum atomic E-state index is -3.62. The van der Waals surface area contributed by atoms with E-state index in [4.69, 9.17) is 0 Å². The summed E-state index contributed by atoms with van der Waals surface area (Å²) in [6, 6.07) is 16.6. The molecule has 1 heterocycles. The lowest BCUT2D eigenvalue weighted by molar-refractivity contribution is 0.0761. The van der Waals surface area contributed by atoms with Crippen molar-refractivity contribution in [3.63, 3.8) is 0 Å². The molecule has 2 aromatic rings. The Morgan fingerprint density at radius 3 is 2.43 bits per heavy atom. The Hall–Kier alpha value is -2.22. The van der Waals surface area contributed by atoms with E-state index in [1.807, 2.05) is 36.9 Å². The molecule has 0 spiro atoms. The zero-order chi connectivity index (χ0) is 21.7. The monoisotopic (exact) mass is 429 g/mol. The number of carbonyl (C=O) groups excluding carboxylic acids is 1. The van der Waals surface area contributed by atoms with Gasteiger partial charge in [-0.15, -0.1) is 0 Å². The molecule has 0 atom stereocenters. The molecular weight excluding hydrogens is 398 g/mol. The van der Waals surface area contributed by atoms with Crippen LogP contribution in [0.2, 0.25) is 0 Å². The highest BCUT2D eigenvalue weighted by atomic mass is 32.2. The van der Waals surface area contributed by atoms with Crippen LogP contribution in [0.15, 0.2) is 59.5 Å². The molecular formula is C23H31N3O3S. The van der Waals surface area contributed by atoms with Crippen LogP contribution in [-0.2, 0) is 16.6 Å². The Morgan fingerprint density at radius 1 is 1.00 bits per heavy atom. The first-order valence-electron chi connectivity index (χ1n) is 10.4. The first-order valence-corrected chi connectivity index (χ1v) is 11.9. The van der Waals surface area contributed by atoms with Gasteiger partial charge in [-0.3, -0.25) is 9.69 Å². The Balaban J connectivity index is 1.69. The molecule has 0 unspecified atom stereocenters. The summed E-state index contributed by atoms with van der Waals surface area (Å²) < 4.78 is 26.9. The molecule has 0 saturated carbocycles. The van der Waals surface area contributed by atoms with E-state index >= 15 is 0 Å². The van der Waals surface area contributed by atoms with Crippen LogP contribution in [0, 0.1) is 0 Å². The zero-order valence-corrected chi connectivity index (χ0v) is 18.8. The van der Waals surface area contributed by atoms with Crippen LogP contribution in [0.25, 0.3) is 0 Å². The smallest absolute Gasteiger partial charge is 0.253 e. The number of amides is 1. The van der Waals surface area contributed by atoms with Gasteiger partial charge in [0.2, 0.25) is 10.0 Å². The molecule has 1 aliphatic rings. The highest BCUT2D eigenvalue weighted by Crippen LogP contribution is 2.19. The standard InChI is InChI=1S/C23H31N3O3S/c1-19(2)24(3)30(28,29)22-12-7-11-21(17-22)23(27)26-14-8-13-25(15-16-26)18-20-9-5-4-6-10-20/h4-7,9-12,17,19H,8,13-16,18H2,1-3H3. The first kappa shape index (κ1) is 22.5. The summed E-state index contributed by atoms with van der Waals surface area (Å²) in [5, 5.41) is 0. The highest BCUT2D eigenvalue weighted by molar-refractivity contribution is 7.89. The molecule has 7 heteroatoms. The maximum absolute atomic E-state index is 13.1. The van der Waals surface area contributed by atoms with E-state index in [9.17, 15) is 13.2 Å². The molecule has 1 amide bonds. The zero-order valence-electron chi connectivity index (χ0n) is 18.0. The molecule has 162 valence electrons. The summed E-state index contributed by atoms with van der Waals surface area (Å²) in [6.07, 6.45) is 0.895. The SMILES string of the molecule is CC(C)N(C)S(=O)(=O)c1cccc(C(=O)N2CCCN(Cc3ccccc3)CC2)c1. The van der Waals surface area contributed by atoms with Crippen molar-refractivity contribution >= 4 is 15.9 Å². The van der Waals surface area contributed by atoms with E-state index in [-0.39, 0.29) is 16.8 Å². The Kier molecular flexibility index (Phi) is 7.28. The van der Waals surface area contributed by atoms with E-state index < -0.39 is 10.0 Å². The Morgan fingerprint density at radius 2 is 1.73 bits per heavy atom. The summed E-state index contributed by atoms with van der Waals surface area (Å²) in [4.78, 5) is 17.5. The molecule has 0 aromatic heterocycles. The van der Waals surface area contributed by atoms with Crippen molar-refractivity contribution in [1.82, 2.24) is 14.1 Å². The molecule has 0 N–H and O–H groups in total. The van der Waals surface area contributed by atoms with Crippen LogP contribution in [0.3, 0.4) is 0 Å². The van der Waals surface area contributed by atoms with Crippen LogP contribution >= 0.6 is 0 Å². The van der Waals surface area contributed by atoms with E-state index in [0.717, 1.165) is 26.1 Å². The fourth-order valence-corrected chi connectivity index (χ4v) is 5.00. The molecule has 3 rings (SSSR count). The molecule has 0 aliphatic carbocycles. The van der Waals surface area contributed by atoms with Crippen molar-refractivity contribution in [2.75, 3.05) is 33.2 Å². The molecule has 30 heavy (non-hydrogen) atoms. The average Bonchev–Trinajstić information content (AvgIpc) is 2.99. The number of hydrogen-bond donors (Lipinski definition) is 0. The van der Waals surface area contributed by atoms with E-state index in [0.29, 0.717) is 18.7 Å². The minimum Gasteiger partial charge on any atom is -0.337 e. The first-order chi connectivity index (χ1) is 14.3. The lowest BCUT2D eigenvalue weighted by Crippen LogP contribution is -2.35. The quantitative estimate of drug-likeness (QED) is 0.708. The fraction of sp³-hybridized carbons (Fsp3) is 0.435. The normalized spacial score (nSPS) is 16.1. The van der Waals surface area contributed by atoms with Crippen molar-refractivity contribution in [2.24, 2.45) is 0 Å². The highest BCUT2D eigenvalue weighted by Gasteiger charge is 2.25. The van der Waals surface area contributed by atoms with Gasteiger partial charge < -0.3 is 4.90 Å². The van der Waals surface area contributed by atoms with Crippen LogP contribution in [0.4, 0.5) is 0 Å². The topological polar surface area (TPSA) is 60.9 Å². The molecule has 0 bridgehead atoms. The van der Waals surface area contributed by atoms with E-state index in [2.05, 4.69) is 17.0 Å². The summed E-state index contributed by atoms with van der Waals surface area (Å²) in [7, 11) is -2.06. The third-order valence-corrected chi connectivity index (χ3v) is 7.64. The summed E-state index contributed by atoms with van der Waals surface area (Å²) >= 11 is 0. The molecule has 1 fully saturated rings. The number of carbonyl (C=O) groups is 1. The molecule has 2 aromatic carbocycles. The second-order valence-corrected chi connectivity index (χ2v) is 10.0. The fourth-order valence-electron chi connectivity index (χ4n) is 3.59. The van der Waals surface area contributed by atoms with Gasteiger partial charge in [-0.05, 0) is 44.0 Å². The number of rotatable bonds is 6. The molecule has 6 nitrogen and oxygen atoms in total. The van der Waals surface area contributed by atoms with Gasteiger partial charge in [0.15, 0.2) is 0 Å². The summed E-state index contributed by atoms with van der Waals surface area (Å²) in [5.41, 5.74) is 1.69. The van der Waals surface area contributed by atoms with Gasteiger partial charge in [0.1, 0.15) is 0 Å². The van der Waals surface area contributed by atoms with Gasteiger partial charge in [-0.2, -0.15) is 4.31 Å². The van der Waals surface area contributed by atoms with Crippen molar-refractivity contribution in [3.05, 3.63) is 65.7 Å². The van der Waals surface area contributed by atoms with Gasteiger partial charge in [0, 0.05) is 51.4 Å². The van der Waals surface area contributed by atoms with Crippen molar-refractivity contribution in [2.45, 2.75) is 37.8 Å². The van der Waals surface area contributed by atoms with Gasteiger partial charge in [-0.1, -0.05) is 36.4 Å². The van der Waals surface area contributed by atoms with Crippen LogP contribution in [0.1, 0.15) is 36.2 Å². The average molecular weight is 430 g/mol. The van der Waals surface area contributed by atoms with Crippen molar-refractivity contribution in [1.29, 1.82) is 0 Å². The largest absolute Gasteiger partial charge is 0.337 e. The van der Waals surface area contributed by atoms with Crippen LogP contribution < -0.4 is 0 Å². The number of nitrogens with zero attached hydrogens (tertiary/aromatic N) is 3. The Labute approximate surface area is 180 Å². The van der Waals surface area contributed by atoms with E-state index in [1.165, 1.54) is 15.9 Å². The van der Waals surface area contributed by atoms with Gasteiger partial charge >= 0.3 is 0 Å². The maximum Gasteiger partial charge on any atom is 0.253 e. The van der Waals surface area contributed by atoms with Crippen LogP contribution in [-0.4, -0.2) is 67.7 Å². The molecule has 1 saturated heterocycles. The van der Waals surface area contributed by atoms with Crippen molar-refractivity contribution in [3.8, 4) is 0 Å². The molecule has 1 aliphatic heterocycles. The van der Waals surface area contributed by atoms with Gasteiger partial charge in [0.05, 0.1) is 4.90 Å². The molecule has 0 radical (unpaired) electrons. The number of hydrogen-bond acceptors (Lipinski definition) is 4. The van der Waals surface area contributed by atoms with Gasteiger partial charge in [-0.25, -0.2) is 8.42 Å².